The average Bonchev–Trinajstić information content (AvgIpc) is 3.56. The smallest absolute Gasteiger partial charge is 0.345 e. The second-order valence-corrected chi connectivity index (χ2v) is 14.5. The van der Waals surface area contributed by atoms with Gasteiger partial charge >= 0.3 is 5.63 Å². The molecule has 7 heteroatoms. The highest BCUT2D eigenvalue weighted by Gasteiger charge is 2.34. The zero-order chi connectivity index (χ0) is 30.0. The SMILES string of the molecule is CN(C)c1ccc(C2CC(c3cc4cc(C(C)(C)C)cc(C(C)(C)C)c4oc3=O)=NN2c2nc3ccccc3s2)cc1. The summed E-state index contributed by atoms with van der Waals surface area (Å²) in [5.74, 6) is 0. The van der Waals surface area contributed by atoms with E-state index in [1.807, 2.05) is 43.4 Å². The van der Waals surface area contributed by atoms with Crippen LogP contribution < -0.4 is 15.5 Å². The standard InChI is InChI=1S/C35H38N4O2S/c1-34(2,3)23-17-22-18-25(32(40)41-31(22)26(19-23)35(4,5)6)28-20-29(21-13-15-24(16-14-21)38(7)8)39(37-28)33-36-27-11-9-10-12-30(27)42-33/h9-19,29H,20H2,1-8H3. The van der Waals surface area contributed by atoms with Crippen molar-refractivity contribution in [2.45, 2.75) is 64.8 Å². The van der Waals surface area contributed by atoms with E-state index in [1.54, 1.807) is 11.3 Å². The van der Waals surface area contributed by atoms with E-state index in [0.717, 1.165) is 37.5 Å². The Morgan fingerprint density at radius 1 is 0.929 bits per heavy atom. The molecule has 1 aliphatic rings. The number of anilines is 2. The monoisotopic (exact) mass is 578 g/mol. The van der Waals surface area contributed by atoms with Crippen molar-refractivity contribution in [3.63, 3.8) is 0 Å². The number of hydrazone groups is 1. The molecule has 6 nitrogen and oxygen atoms in total. The van der Waals surface area contributed by atoms with Crippen LogP contribution in [-0.4, -0.2) is 24.8 Å². The molecule has 1 unspecified atom stereocenters. The normalized spacial score (nSPS) is 16.0. The number of aromatic nitrogens is 1. The minimum absolute atomic E-state index is 0.0528. The molecule has 5 aromatic rings. The Bertz CT molecular complexity index is 1850. The van der Waals surface area contributed by atoms with Crippen molar-refractivity contribution in [2.75, 3.05) is 24.0 Å². The lowest BCUT2D eigenvalue weighted by atomic mass is 9.79. The maximum absolute atomic E-state index is 13.6. The number of para-hydroxylation sites is 1. The van der Waals surface area contributed by atoms with Crippen LogP contribution in [0.4, 0.5) is 10.8 Å². The quantitative estimate of drug-likeness (QED) is 0.200. The molecule has 2 aromatic heterocycles. The van der Waals surface area contributed by atoms with E-state index in [0.29, 0.717) is 23.3 Å². The Kier molecular flexibility index (Phi) is 6.76. The van der Waals surface area contributed by atoms with E-state index in [9.17, 15) is 4.79 Å². The van der Waals surface area contributed by atoms with Gasteiger partial charge in [0.15, 0.2) is 0 Å². The van der Waals surface area contributed by atoms with Gasteiger partial charge in [0.05, 0.1) is 27.5 Å². The third kappa shape index (κ3) is 5.11. The van der Waals surface area contributed by atoms with Crippen molar-refractivity contribution in [3.8, 4) is 0 Å². The third-order valence-electron chi connectivity index (χ3n) is 8.00. The van der Waals surface area contributed by atoms with E-state index < -0.39 is 0 Å². The molecule has 1 aliphatic heterocycles. The number of fused-ring (bicyclic) bond motifs is 2. The molecule has 0 amide bonds. The summed E-state index contributed by atoms with van der Waals surface area (Å²) in [5.41, 5.74) is 6.72. The lowest BCUT2D eigenvalue weighted by Gasteiger charge is -2.26. The van der Waals surface area contributed by atoms with Gasteiger partial charge in [-0.2, -0.15) is 5.10 Å². The lowest BCUT2D eigenvalue weighted by molar-refractivity contribution is 0.524. The Labute approximate surface area is 251 Å². The van der Waals surface area contributed by atoms with Crippen molar-refractivity contribution < 1.29 is 4.42 Å². The molecule has 0 radical (unpaired) electrons. The van der Waals surface area contributed by atoms with Crippen LogP contribution in [0.3, 0.4) is 0 Å². The van der Waals surface area contributed by atoms with E-state index in [-0.39, 0.29) is 22.5 Å². The summed E-state index contributed by atoms with van der Waals surface area (Å²) >= 11 is 1.61. The second-order valence-electron chi connectivity index (χ2n) is 13.5. The summed E-state index contributed by atoms with van der Waals surface area (Å²) in [4.78, 5) is 20.7. The molecule has 3 aromatic carbocycles. The van der Waals surface area contributed by atoms with Crippen molar-refractivity contribution in [1.82, 2.24) is 4.98 Å². The number of benzene rings is 3. The van der Waals surface area contributed by atoms with Crippen LogP contribution in [0.2, 0.25) is 0 Å². The first-order valence-electron chi connectivity index (χ1n) is 14.4. The van der Waals surface area contributed by atoms with Gasteiger partial charge in [-0.05, 0) is 58.4 Å². The summed E-state index contributed by atoms with van der Waals surface area (Å²) in [6.07, 6.45) is 0.568. The average molecular weight is 579 g/mol. The van der Waals surface area contributed by atoms with E-state index in [2.05, 4.69) is 88.9 Å². The van der Waals surface area contributed by atoms with Crippen LogP contribution in [0.15, 0.2) is 81.0 Å². The first-order chi connectivity index (χ1) is 19.8. The predicted molar refractivity (Wildman–Crippen MR) is 177 cm³/mol. The number of nitrogens with zero attached hydrogens (tertiary/aromatic N) is 4. The number of hydrogen-bond donors (Lipinski definition) is 0. The van der Waals surface area contributed by atoms with Gasteiger partial charge in [0.2, 0.25) is 5.13 Å². The fourth-order valence-electron chi connectivity index (χ4n) is 5.49. The zero-order valence-electron chi connectivity index (χ0n) is 25.6. The molecule has 0 saturated carbocycles. The fourth-order valence-corrected chi connectivity index (χ4v) is 6.45. The maximum Gasteiger partial charge on any atom is 0.345 e. The van der Waals surface area contributed by atoms with Crippen LogP contribution in [0.25, 0.3) is 21.2 Å². The third-order valence-corrected chi connectivity index (χ3v) is 9.03. The summed E-state index contributed by atoms with van der Waals surface area (Å²) in [6, 6.07) is 22.9. The largest absolute Gasteiger partial charge is 0.422 e. The summed E-state index contributed by atoms with van der Waals surface area (Å²) in [6.45, 7) is 13.1. The van der Waals surface area contributed by atoms with E-state index in [1.165, 1.54) is 5.56 Å². The molecule has 1 atom stereocenters. The molecule has 0 N–H and O–H groups in total. The van der Waals surface area contributed by atoms with Gasteiger partial charge in [-0.3, -0.25) is 0 Å². The Hall–Kier alpha value is -3.97. The van der Waals surface area contributed by atoms with Gasteiger partial charge in [0.25, 0.3) is 0 Å². The van der Waals surface area contributed by atoms with Gasteiger partial charge in [-0.1, -0.05) is 83.2 Å². The Morgan fingerprint density at radius 3 is 2.29 bits per heavy atom. The highest BCUT2D eigenvalue weighted by molar-refractivity contribution is 7.22. The summed E-state index contributed by atoms with van der Waals surface area (Å²) in [7, 11) is 4.07. The van der Waals surface area contributed by atoms with Crippen molar-refractivity contribution in [2.24, 2.45) is 5.10 Å². The second kappa shape index (κ2) is 10.1. The Balaban J connectivity index is 1.50. The van der Waals surface area contributed by atoms with Crippen LogP contribution in [-0.2, 0) is 10.8 Å². The van der Waals surface area contributed by atoms with Crippen LogP contribution in [0.5, 0.6) is 0 Å². The van der Waals surface area contributed by atoms with Gasteiger partial charge in [-0.15, -0.1) is 0 Å². The molecule has 0 saturated heterocycles. The van der Waals surface area contributed by atoms with E-state index >= 15 is 0 Å². The molecule has 0 bridgehead atoms. The first-order valence-corrected chi connectivity index (χ1v) is 15.2. The first kappa shape index (κ1) is 28.2. The summed E-state index contributed by atoms with van der Waals surface area (Å²) < 4.78 is 7.23. The minimum Gasteiger partial charge on any atom is -0.422 e. The molecule has 0 spiro atoms. The highest BCUT2D eigenvalue weighted by atomic mass is 32.1. The Morgan fingerprint density at radius 2 is 1.64 bits per heavy atom. The number of rotatable bonds is 4. The van der Waals surface area contributed by atoms with Gasteiger partial charge < -0.3 is 9.32 Å². The van der Waals surface area contributed by atoms with Crippen LogP contribution in [0.1, 0.15) is 76.3 Å². The van der Waals surface area contributed by atoms with Crippen molar-refractivity contribution >= 4 is 49.1 Å². The molecule has 216 valence electrons. The predicted octanol–water partition coefficient (Wildman–Crippen LogP) is 8.42. The molecule has 3 heterocycles. The molecular weight excluding hydrogens is 540 g/mol. The van der Waals surface area contributed by atoms with Gasteiger partial charge in [0.1, 0.15) is 5.58 Å². The lowest BCUT2D eigenvalue weighted by Crippen LogP contribution is -2.19. The zero-order valence-corrected chi connectivity index (χ0v) is 26.5. The van der Waals surface area contributed by atoms with Crippen molar-refractivity contribution in [3.05, 3.63) is 99.4 Å². The highest BCUT2D eigenvalue weighted by Crippen LogP contribution is 2.41. The fraction of sp³-hybridized carbons (Fsp3) is 0.343. The topological polar surface area (TPSA) is 61.9 Å². The molecule has 6 rings (SSSR count). The molecular formula is C35H38N4O2S. The van der Waals surface area contributed by atoms with Gasteiger partial charge in [0, 0.05) is 37.2 Å². The molecule has 0 aliphatic carbocycles. The van der Waals surface area contributed by atoms with Crippen LogP contribution in [0, 0.1) is 0 Å². The number of hydrogen-bond acceptors (Lipinski definition) is 7. The molecule has 42 heavy (non-hydrogen) atoms. The minimum atomic E-state index is -0.358. The molecule has 0 fully saturated rings. The van der Waals surface area contributed by atoms with Crippen molar-refractivity contribution in [1.29, 1.82) is 0 Å². The van der Waals surface area contributed by atoms with E-state index in [4.69, 9.17) is 14.5 Å². The summed E-state index contributed by atoms with van der Waals surface area (Å²) in [5, 5.41) is 8.80. The maximum atomic E-state index is 13.6. The van der Waals surface area contributed by atoms with Gasteiger partial charge in [-0.25, -0.2) is 14.8 Å². The number of thiazole rings is 1. The van der Waals surface area contributed by atoms with Crippen LogP contribution >= 0.6 is 11.3 Å².